The van der Waals surface area contributed by atoms with E-state index < -0.39 is 24.0 Å². The third kappa shape index (κ3) is 7.40. The predicted octanol–water partition coefficient (Wildman–Crippen LogP) is 5.69. The van der Waals surface area contributed by atoms with Gasteiger partial charge in [-0.1, -0.05) is 40.2 Å². The molecule has 0 aliphatic heterocycles. The number of aryl methyl sites for hydroxylation is 1. The number of thiazole rings is 1. The van der Waals surface area contributed by atoms with Gasteiger partial charge in [-0.15, -0.1) is 11.3 Å². The van der Waals surface area contributed by atoms with Gasteiger partial charge in [-0.2, -0.15) is 0 Å². The molecule has 0 fully saturated rings. The van der Waals surface area contributed by atoms with E-state index in [1.807, 2.05) is 33.8 Å². The molecule has 0 bridgehead atoms. The lowest BCUT2D eigenvalue weighted by Crippen LogP contribution is -2.40. The lowest BCUT2D eigenvalue weighted by Gasteiger charge is -2.23. The number of hydrogen-bond donors (Lipinski definition) is 3. The van der Waals surface area contributed by atoms with E-state index in [1.165, 1.54) is 38.5 Å². The Hall–Kier alpha value is -4.65. The second-order valence-corrected chi connectivity index (χ2v) is 13.0. The number of hydrogen-bond acceptors (Lipinski definition) is 11. The number of methoxy groups -OCH3 is 4. The fourth-order valence-corrected chi connectivity index (χ4v) is 6.86. The lowest BCUT2D eigenvalue weighted by molar-refractivity contribution is -0.120. The molecule has 4 rings (SSSR count). The molecule has 48 heavy (non-hydrogen) atoms. The molecule has 0 spiro atoms. The highest BCUT2D eigenvalue weighted by atomic mass is 32.1. The summed E-state index contributed by atoms with van der Waals surface area (Å²) in [5.41, 5.74) is 2.91. The maximum Gasteiger partial charge on any atom is 0.357 e. The Morgan fingerprint density at radius 3 is 2.31 bits per heavy atom. The van der Waals surface area contributed by atoms with E-state index in [1.54, 1.807) is 26.4 Å². The number of benzene rings is 1. The molecule has 12 nitrogen and oxygen atoms in total. The van der Waals surface area contributed by atoms with E-state index in [0.717, 1.165) is 11.1 Å². The topological polar surface area (TPSA) is 154 Å². The zero-order chi connectivity index (χ0) is 35.3. The lowest BCUT2D eigenvalue weighted by atomic mass is 9.95. The van der Waals surface area contributed by atoms with Crippen molar-refractivity contribution in [1.29, 1.82) is 0 Å². The number of amides is 2. The molecule has 1 aromatic heterocycles. The Kier molecular flexibility index (Phi) is 11.7. The van der Waals surface area contributed by atoms with Gasteiger partial charge in [-0.25, -0.2) is 9.78 Å². The Balaban J connectivity index is 1.82. The summed E-state index contributed by atoms with van der Waals surface area (Å²) in [6.07, 6.45) is 1.72. The Morgan fingerprint density at radius 2 is 1.73 bits per heavy atom. The third-order valence-electron chi connectivity index (χ3n) is 8.51. The number of nitrogens with one attached hydrogen (secondary N) is 3. The van der Waals surface area contributed by atoms with Crippen LogP contribution in [0.4, 0.5) is 10.8 Å². The first-order chi connectivity index (χ1) is 22.9. The van der Waals surface area contributed by atoms with Crippen LogP contribution >= 0.6 is 11.3 Å². The Labute approximate surface area is 284 Å². The van der Waals surface area contributed by atoms with E-state index in [2.05, 4.69) is 20.9 Å². The molecule has 2 aromatic carbocycles. The summed E-state index contributed by atoms with van der Waals surface area (Å²) < 4.78 is 22.0. The van der Waals surface area contributed by atoms with Gasteiger partial charge in [-0.05, 0) is 59.6 Å². The van der Waals surface area contributed by atoms with Crippen LogP contribution in [-0.4, -0.2) is 57.2 Å². The van der Waals surface area contributed by atoms with Crippen molar-refractivity contribution in [3.05, 3.63) is 56.2 Å². The zero-order valence-corrected chi connectivity index (χ0v) is 29.7. The van der Waals surface area contributed by atoms with Gasteiger partial charge < -0.3 is 34.9 Å². The average Bonchev–Trinajstić information content (AvgIpc) is 3.35. The van der Waals surface area contributed by atoms with Crippen molar-refractivity contribution in [2.24, 2.45) is 5.92 Å². The number of nitrogens with zero attached hydrogens (tertiary/aromatic N) is 1. The van der Waals surface area contributed by atoms with Crippen LogP contribution in [0.2, 0.25) is 0 Å². The Bertz CT molecular complexity index is 1760. The van der Waals surface area contributed by atoms with E-state index in [-0.39, 0.29) is 39.7 Å². The molecular formula is C35H44N4O8S. The molecule has 3 aromatic rings. The molecule has 1 aliphatic rings. The van der Waals surface area contributed by atoms with Crippen molar-refractivity contribution in [1.82, 2.24) is 10.3 Å². The van der Waals surface area contributed by atoms with E-state index >= 15 is 0 Å². The highest BCUT2D eigenvalue weighted by molar-refractivity contribution is 7.16. The first kappa shape index (κ1) is 36.2. The van der Waals surface area contributed by atoms with Crippen LogP contribution in [0.25, 0.3) is 11.1 Å². The minimum absolute atomic E-state index is 0.0144. The molecule has 1 heterocycles. The summed E-state index contributed by atoms with van der Waals surface area (Å²) in [6, 6.07) is 5.55. The molecule has 0 saturated carbocycles. The standard InChI is InChI=1S/C35H44N4O8S/c1-10-18(4)28(33(42)39-35-38-29(34(43)47-9)32(48-35)17(2)3)37-24-14-12-21-22(16-25(24)41)23(36-19(5)40)13-11-20-15-26(44-6)30(45-7)31(46-8)27(20)21/h12,14-18,23,28H,10-11,13H2,1-9H3,(H,36,40)(H,37,41)(H,38,39,42)/t18-,23+,28+/m0/s1. The van der Waals surface area contributed by atoms with E-state index in [0.29, 0.717) is 52.5 Å². The van der Waals surface area contributed by atoms with Gasteiger partial charge in [0.05, 0.1) is 40.2 Å². The summed E-state index contributed by atoms with van der Waals surface area (Å²) in [7, 11) is 5.90. The minimum atomic E-state index is -0.824. The fourth-order valence-electron chi connectivity index (χ4n) is 5.90. The molecule has 3 N–H and O–H groups in total. The van der Waals surface area contributed by atoms with Crippen LogP contribution in [0.3, 0.4) is 0 Å². The largest absolute Gasteiger partial charge is 0.493 e. The molecule has 1 aliphatic carbocycles. The number of fused-ring (bicyclic) bond motifs is 3. The summed E-state index contributed by atoms with van der Waals surface area (Å²) in [5.74, 6) is -0.0755. The van der Waals surface area contributed by atoms with Crippen LogP contribution in [0.1, 0.15) is 85.9 Å². The quantitative estimate of drug-likeness (QED) is 0.203. The van der Waals surface area contributed by atoms with Crippen LogP contribution in [0.5, 0.6) is 17.2 Å². The second-order valence-electron chi connectivity index (χ2n) is 12.0. The summed E-state index contributed by atoms with van der Waals surface area (Å²) in [4.78, 5) is 57.4. The zero-order valence-electron chi connectivity index (χ0n) is 28.9. The van der Waals surface area contributed by atoms with E-state index in [9.17, 15) is 19.2 Å². The van der Waals surface area contributed by atoms with Gasteiger partial charge >= 0.3 is 5.97 Å². The molecule has 258 valence electrons. The van der Waals surface area contributed by atoms with Crippen molar-refractivity contribution in [2.75, 3.05) is 39.1 Å². The maximum atomic E-state index is 13.9. The number of ether oxygens (including phenoxy) is 4. The normalized spacial score (nSPS) is 14.8. The van der Waals surface area contributed by atoms with Crippen LogP contribution < -0.4 is 35.6 Å². The number of esters is 1. The molecule has 0 unspecified atom stereocenters. The molecule has 0 radical (unpaired) electrons. The highest BCUT2D eigenvalue weighted by Gasteiger charge is 2.31. The van der Waals surface area contributed by atoms with Crippen molar-refractivity contribution in [3.8, 4) is 28.4 Å². The predicted molar refractivity (Wildman–Crippen MR) is 186 cm³/mol. The van der Waals surface area contributed by atoms with Crippen molar-refractivity contribution in [3.63, 3.8) is 0 Å². The molecule has 2 amide bonds. The van der Waals surface area contributed by atoms with Gasteiger partial charge in [0.1, 0.15) is 6.04 Å². The number of rotatable bonds is 12. The highest BCUT2D eigenvalue weighted by Crippen LogP contribution is 2.50. The smallest absolute Gasteiger partial charge is 0.357 e. The van der Waals surface area contributed by atoms with E-state index in [4.69, 9.17) is 18.9 Å². The fraction of sp³-hybridized carbons (Fsp3) is 0.457. The average molecular weight is 681 g/mol. The minimum Gasteiger partial charge on any atom is -0.493 e. The SMILES string of the molecule is CC[C@H](C)[C@@H](Nc1ccc2c(cc1=O)[C@H](NC(C)=O)CCc1cc(OC)c(OC)c(OC)c1-2)C(=O)Nc1nc(C(=O)OC)c(C(C)C)s1. The monoisotopic (exact) mass is 680 g/mol. The summed E-state index contributed by atoms with van der Waals surface area (Å²) >= 11 is 1.21. The summed E-state index contributed by atoms with van der Waals surface area (Å²) in [6.45, 7) is 9.16. The van der Waals surface area contributed by atoms with Gasteiger partial charge in [0, 0.05) is 17.4 Å². The van der Waals surface area contributed by atoms with Crippen LogP contribution in [0, 0.1) is 5.92 Å². The first-order valence-corrected chi connectivity index (χ1v) is 16.6. The number of carbonyl (C=O) groups is 3. The Morgan fingerprint density at radius 1 is 1.02 bits per heavy atom. The molecule has 0 saturated heterocycles. The first-order valence-electron chi connectivity index (χ1n) is 15.8. The van der Waals surface area contributed by atoms with Crippen molar-refractivity contribution < 1.29 is 33.3 Å². The number of anilines is 2. The number of aromatic nitrogens is 1. The van der Waals surface area contributed by atoms with Crippen LogP contribution in [-0.2, 0) is 20.7 Å². The maximum absolute atomic E-state index is 13.9. The molecule has 13 heteroatoms. The molecular weight excluding hydrogens is 636 g/mol. The third-order valence-corrected chi connectivity index (χ3v) is 9.78. The summed E-state index contributed by atoms with van der Waals surface area (Å²) in [5, 5.41) is 9.32. The van der Waals surface area contributed by atoms with Gasteiger partial charge in [0.15, 0.2) is 22.3 Å². The van der Waals surface area contributed by atoms with Gasteiger partial charge in [0.25, 0.3) is 0 Å². The molecule has 3 atom stereocenters. The van der Waals surface area contributed by atoms with Crippen molar-refractivity contribution >= 4 is 39.9 Å². The number of carbonyl (C=O) groups excluding carboxylic acids is 3. The van der Waals surface area contributed by atoms with Gasteiger partial charge in [-0.3, -0.25) is 14.4 Å². The second kappa shape index (κ2) is 15.5. The van der Waals surface area contributed by atoms with Gasteiger partial charge in [0.2, 0.25) is 23.0 Å². The van der Waals surface area contributed by atoms with Crippen LogP contribution in [0.15, 0.2) is 29.1 Å². The van der Waals surface area contributed by atoms with Crippen molar-refractivity contribution in [2.45, 2.75) is 71.9 Å².